The van der Waals surface area contributed by atoms with E-state index in [0.717, 1.165) is 11.3 Å². The third kappa shape index (κ3) is 4.07. The number of aromatic nitrogens is 2. The molecule has 0 atom stereocenters. The Bertz CT molecular complexity index is 730. The first-order chi connectivity index (χ1) is 11.2. The van der Waals surface area contributed by atoms with Gasteiger partial charge in [0.05, 0.1) is 25.6 Å². The molecule has 0 radical (unpaired) electrons. The number of hydrogen-bond donors (Lipinski definition) is 2. The summed E-state index contributed by atoms with van der Waals surface area (Å²) in [5.74, 6) is 1.31. The van der Waals surface area contributed by atoms with Crippen molar-refractivity contribution < 1.29 is 14.3 Å². The molecule has 0 aliphatic rings. The van der Waals surface area contributed by atoms with Gasteiger partial charge in [-0.1, -0.05) is 20.8 Å². The highest BCUT2D eigenvalue weighted by Crippen LogP contribution is 2.37. The molecule has 6 nitrogen and oxygen atoms in total. The second-order valence-corrected chi connectivity index (χ2v) is 6.92. The van der Waals surface area contributed by atoms with Gasteiger partial charge in [-0.05, 0) is 30.5 Å². The van der Waals surface area contributed by atoms with Gasteiger partial charge in [-0.2, -0.15) is 5.10 Å². The summed E-state index contributed by atoms with van der Waals surface area (Å²) < 4.78 is 10.7. The van der Waals surface area contributed by atoms with Gasteiger partial charge in [0.1, 0.15) is 17.2 Å². The van der Waals surface area contributed by atoms with Crippen LogP contribution in [0.3, 0.4) is 0 Å². The van der Waals surface area contributed by atoms with E-state index in [1.807, 2.05) is 45.9 Å². The zero-order chi connectivity index (χ0) is 17.9. The maximum atomic E-state index is 12.3. The fourth-order valence-corrected chi connectivity index (χ4v) is 2.44. The van der Waals surface area contributed by atoms with E-state index in [0.29, 0.717) is 29.3 Å². The second kappa shape index (κ2) is 6.95. The number of rotatable bonds is 5. The molecule has 0 unspecified atom stereocenters. The number of amides is 1. The molecule has 0 bridgehead atoms. The number of hydrogen-bond acceptors (Lipinski definition) is 4. The van der Waals surface area contributed by atoms with Crippen LogP contribution in [0, 0.1) is 12.3 Å². The molecule has 0 saturated carbocycles. The molecule has 0 aliphatic heterocycles. The Kier molecular flexibility index (Phi) is 5.17. The molecule has 0 spiro atoms. The van der Waals surface area contributed by atoms with Gasteiger partial charge in [0.25, 0.3) is 0 Å². The van der Waals surface area contributed by atoms with E-state index in [-0.39, 0.29) is 11.3 Å². The van der Waals surface area contributed by atoms with Crippen molar-refractivity contribution >= 4 is 11.6 Å². The maximum Gasteiger partial charge on any atom is 0.225 e. The number of nitrogens with zero attached hydrogens (tertiary/aromatic N) is 1. The first-order valence-corrected chi connectivity index (χ1v) is 7.82. The van der Waals surface area contributed by atoms with Crippen LogP contribution in [-0.2, 0) is 4.79 Å². The van der Waals surface area contributed by atoms with Crippen LogP contribution in [0.15, 0.2) is 18.2 Å². The molecular formula is C18H25N3O3. The number of benzene rings is 1. The summed E-state index contributed by atoms with van der Waals surface area (Å²) in [6.45, 7) is 7.96. The van der Waals surface area contributed by atoms with Crippen molar-refractivity contribution in [2.45, 2.75) is 34.1 Å². The Hall–Kier alpha value is -2.50. The highest BCUT2D eigenvalue weighted by Gasteiger charge is 2.21. The van der Waals surface area contributed by atoms with Crippen LogP contribution >= 0.6 is 0 Å². The second-order valence-electron chi connectivity index (χ2n) is 6.92. The topological polar surface area (TPSA) is 76.2 Å². The lowest BCUT2D eigenvalue weighted by Gasteiger charge is -2.18. The monoisotopic (exact) mass is 331 g/mol. The Labute approximate surface area is 142 Å². The van der Waals surface area contributed by atoms with E-state index in [4.69, 9.17) is 9.47 Å². The normalized spacial score (nSPS) is 11.2. The van der Waals surface area contributed by atoms with Crippen molar-refractivity contribution in [3.05, 3.63) is 23.9 Å². The SMILES string of the molecule is COc1ccc(OC)c(-c2n[nH]c(C)c2NC(=O)CC(C)(C)C)c1. The number of ether oxygens (including phenoxy) is 2. The van der Waals surface area contributed by atoms with Crippen molar-refractivity contribution in [3.63, 3.8) is 0 Å². The molecule has 6 heteroatoms. The molecule has 0 saturated heterocycles. The average Bonchev–Trinajstić information content (AvgIpc) is 2.85. The highest BCUT2D eigenvalue weighted by atomic mass is 16.5. The Morgan fingerprint density at radius 3 is 2.54 bits per heavy atom. The molecule has 1 aromatic heterocycles. The zero-order valence-electron chi connectivity index (χ0n) is 15.1. The smallest absolute Gasteiger partial charge is 0.225 e. The number of carbonyl (C=O) groups is 1. The Morgan fingerprint density at radius 1 is 1.25 bits per heavy atom. The molecule has 24 heavy (non-hydrogen) atoms. The number of aromatic amines is 1. The molecule has 1 aromatic carbocycles. The van der Waals surface area contributed by atoms with E-state index in [1.165, 1.54) is 0 Å². The van der Waals surface area contributed by atoms with Gasteiger partial charge in [0.15, 0.2) is 0 Å². The fraction of sp³-hybridized carbons (Fsp3) is 0.444. The van der Waals surface area contributed by atoms with Crippen molar-refractivity contribution in [1.82, 2.24) is 10.2 Å². The van der Waals surface area contributed by atoms with Crippen LogP contribution in [0.25, 0.3) is 11.3 Å². The summed E-state index contributed by atoms with van der Waals surface area (Å²) in [7, 11) is 3.20. The van der Waals surface area contributed by atoms with Gasteiger partial charge >= 0.3 is 0 Å². The van der Waals surface area contributed by atoms with Crippen molar-refractivity contribution in [2.75, 3.05) is 19.5 Å². The van der Waals surface area contributed by atoms with Gasteiger partial charge in [-0.25, -0.2) is 0 Å². The quantitative estimate of drug-likeness (QED) is 0.874. The molecule has 1 heterocycles. The molecular weight excluding hydrogens is 306 g/mol. The van der Waals surface area contributed by atoms with E-state index < -0.39 is 0 Å². The van der Waals surface area contributed by atoms with Gasteiger partial charge in [-0.15, -0.1) is 0 Å². The number of nitrogens with one attached hydrogen (secondary N) is 2. The number of methoxy groups -OCH3 is 2. The molecule has 2 aromatic rings. The molecule has 130 valence electrons. The molecule has 0 fully saturated rings. The lowest BCUT2D eigenvalue weighted by atomic mass is 9.92. The predicted octanol–water partition coefficient (Wildman–Crippen LogP) is 3.78. The van der Waals surface area contributed by atoms with E-state index in [1.54, 1.807) is 14.2 Å². The van der Waals surface area contributed by atoms with Gasteiger partial charge < -0.3 is 14.8 Å². The van der Waals surface area contributed by atoms with E-state index in [2.05, 4.69) is 15.5 Å². The predicted molar refractivity (Wildman–Crippen MR) is 94.6 cm³/mol. The van der Waals surface area contributed by atoms with E-state index >= 15 is 0 Å². The van der Waals surface area contributed by atoms with Crippen molar-refractivity contribution in [1.29, 1.82) is 0 Å². The van der Waals surface area contributed by atoms with Crippen LogP contribution in [-0.4, -0.2) is 30.3 Å². The lowest BCUT2D eigenvalue weighted by Crippen LogP contribution is -2.20. The number of anilines is 1. The van der Waals surface area contributed by atoms with Crippen LogP contribution < -0.4 is 14.8 Å². The number of carbonyl (C=O) groups excluding carboxylic acids is 1. The standard InChI is InChI=1S/C18H25N3O3/c1-11-16(19-15(22)10-18(2,3)4)17(21-20-11)13-9-12(23-5)7-8-14(13)24-6/h7-9H,10H2,1-6H3,(H,19,22)(H,20,21). The largest absolute Gasteiger partial charge is 0.497 e. The van der Waals surface area contributed by atoms with Crippen LogP contribution in [0.5, 0.6) is 11.5 Å². The van der Waals surface area contributed by atoms with Crippen LogP contribution in [0.4, 0.5) is 5.69 Å². The van der Waals surface area contributed by atoms with Gasteiger partial charge in [-0.3, -0.25) is 9.89 Å². The zero-order valence-corrected chi connectivity index (χ0v) is 15.1. The number of H-pyrrole nitrogens is 1. The minimum Gasteiger partial charge on any atom is -0.497 e. The minimum absolute atomic E-state index is 0.0462. The first kappa shape index (κ1) is 17.8. The van der Waals surface area contributed by atoms with Crippen LogP contribution in [0.1, 0.15) is 32.9 Å². The van der Waals surface area contributed by atoms with Crippen LogP contribution in [0.2, 0.25) is 0 Å². The number of aryl methyl sites for hydroxylation is 1. The van der Waals surface area contributed by atoms with Crippen molar-refractivity contribution in [2.24, 2.45) is 5.41 Å². The summed E-state index contributed by atoms with van der Waals surface area (Å²) in [6.07, 6.45) is 0.423. The maximum absolute atomic E-state index is 12.3. The summed E-state index contributed by atoms with van der Waals surface area (Å²) in [6, 6.07) is 5.48. The summed E-state index contributed by atoms with van der Waals surface area (Å²) in [5.41, 5.74) is 2.75. The fourth-order valence-electron chi connectivity index (χ4n) is 2.44. The third-order valence-corrected chi connectivity index (χ3v) is 3.56. The van der Waals surface area contributed by atoms with Crippen molar-refractivity contribution in [3.8, 4) is 22.8 Å². The minimum atomic E-state index is -0.0878. The Morgan fingerprint density at radius 2 is 1.96 bits per heavy atom. The van der Waals surface area contributed by atoms with Gasteiger partial charge in [0, 0.05) is 12.0 Å². The molecule has 2 rings (SSSR count). The first-order valence-electron chi connectivity index (χ1n) is 7.82. The molecule has 2 N–H and O–H groups in total. The molecule has 0 aliphatic carbocycles. The highest BCUT2D eigenvalue weighted by molar-refractivity contribution is 5.96. The molecule has 1 amide bonds. The summed E-state index contributed by atoms with van der Waals surface area (Å²) in [5, 5.41) is 10.2. The summed E-state index contributed by atoms with van der Waals surface area (Å²) in [4.78, 5) is 12.3. The van der Waals surface area contributed by atoms with E-state index in [9.17, 15) is 4.79 Å². The lowest BCUT2D eigenvalue weighted by molar-refractivity contribution is -0.117. The van der Waals surface area contributed by atoms with Gasteiger partial charge in [0.2, 0.25) is 5.91 Å². The Balaban J connectivity index is 2.41. The summed E-state index contributed by atoms with van der Waals surface area (Å²) >= 11 is 0. The third-order valence-electron chi connectivity index (χ3n) is 3.56. The average molecular weight is 331 g/mol.